The molecule has 0 unspecified atom stereocenters. The van der Waals surface area contributed by atoms with Gasteiger partial charge >= 0.3 is 0 Å². The quantitative estimate of drug-likeness (QED) is 0.669. The molecule has 86 valence electrons. The molecule has 2 aromatic heterocycles. The molecule has 4 nitrogen and oxygen atoms in total. The molecule has 0 saturated heterocycles. The van der Waals surface area contributed by atoms with Gasteiger partial charge in [0.05, 0.1) is 11.9 Å². The number of imidazole rings is 1. The standard InChI is InChI=1S/C13H14N4/c1-8-12(10-7-15-13(14)16-10)9-5-3-4-6-11(9)17(8)2/h3-7H,1-2H3,(H3,14,15,16). The Kier molecular flexibility index (Phi) is 1.98. The summed E-state index contributed by atoms with van der Waals surface area (Å²) >= 11 is 0. The fraction of sp³-hybridized carbons (Fsp3) is 0.154. The van der Waals surface area contributed by atoms with Crippen molar-refractivity contribution in [1.29, 1.82) is 0 Å². The lowest BCUT2D eigenvalue weighted by Gasteiger charge is -1.99. The minimum atomic E-state index is 0.451. The molecule has 0 spiro atoms. The van der Waals surface area contributed by atoms with E-state index >= 15 is 0 Å². The maximum absolute atomic E-state index is 5.64. The van der Waals surface area contributed by atoms with Gasteiger partial charge in [-0.1, -0.05) is 18.2 Å². The molecule has 0 radical (unpaired) electrons. The topological polar surface area (TPSA) is 59.6 Å². The number of fused-ring (bicyclic) bond motifs is 1. The van der Waals surface area contributed by atoms with Crippen LogP contribution in [-0.2, 0) is 7.05 Å². The number of nitrogen functional groups attached to an aromatic ring is 1. The van der Waals surface area contributed by atoms with Gasteiger partial charge in [0.15, 0.2) is 5.95 Å². The Balaban J connectivity index is 2.40. The van der Waals surface area contributed by atoms with Gasteiger partial charge in [-0.25, -0.2) is 4.98 Å². The normalized spacial score (nSPS) is 11.2. The van der Waals surface area contributed by atoms with Crippen LogP contribution < -0.4 is 5.73 Å². The number of H-pyrrole nitrogens is 1. The van der Waals surface area contributed by atoms with Crippen LogP contribution in [0.25, 0.3) is 22.2 Å². The summed E-state index contributed by atoms with van der Waals surface area (Å²) in [7, 11) is 2.07. The SMILES string of the molecule is Cc1c(-c2cnc(N)[nH]2)c2ccccc2n1C. The zero-order valence-electron chi connectivity index (χ0n) is 9.86. The monoisotopic (exact) mass is 226 g/mol. The molecular weight excluding hydrogens is 212 g/mol. The minimum Gasteiger partial charge on any atom is -0.369 e. The van der Waals surface area contributed by atoms with Crippen LogP contribution in [0.4, 0.5) is 5.95 Å². The smallest absolute Gasteiger partial charge is 0.197 e. The second-order valence-electron chi connectivity index (χ2n) is 4.22. The molecule has 3 aromatic rings. The number of rotatable bonds is 1. The van der Waals surface area contributed by atoms with Gasteiger partial charge in [0, 0.05) is 29.2 Å². The van der Waals surface area contributed by atoms with Crippen LogP contribution in [0.15, 0.2) is 30.5 Å². The van der Waals surface area contributed by atoms with E-state index in [4.69, 9.17) is 5.73 Å². The van der Waals surface area contributed by atoms with Crippen molar-refractivity contribution in [3.8, 4) is 11.3 Å². The number of aromatic nitrogens is 3. The summed E-state index contributed by atoms with van der Waals surface area (Å²) < 4.78 is 2.18. The van der Waals surface area contributed by atoms with Gasteiger partial charge in [-0.15, -0.1) is 0 Å². The summed E-state index contributed by atoms with van der Waals surface area (Å²) in [5.74, 6) is 0.451. The summed E-state index contributed by atoms with van der Waals surface area (Å²) in [4.78, 5) is 7.16. The third-order valence-electron chi connectivity index (χ3n) is 3.26. The third-order valence-corrected chi connectivity index (χ3v) is 3.26. The summed E-state index contributed by atoms with van der Waals surface area (Å²) in [6.45, 7) is 2.10. The Morgan fingerprint density at radius 1 is 1.29 bits per heavy atom. The molecule has 4 heteroatoms. The van der Waals surface area contributed by atoms with Crippen molar-refractivity contribution in [2.75, 3.05) is 5.73 Å². The summed E-state index contributed by atoms with van der Waals surface area (Å²) in [6.07, 6.45) is 1.78. The molecule has 0 aliphatic carbocycles. The third kappa shape index (κ3) is 1.34. The lowest BCUT2D eigenvalue weighted by Crippen LogP contribution is -1.90. The highest BCUT2D eigenvalue weighted by atomic mass is 15.0. The van der Waals surface area contributed by atoms with Gasteiger partial charge in [0.2, 0.25) is 0 Å². The first-order valence-corrected chi connectivity index (χ1v) is 5.53. The summed E-state index contributed by atoms with van der Waals surface area (Å²) in [5, 5.41) is 1.22. The van der Waals surface area contributed by atoms with E-state index < -0.39 is 0 Å². The number of hydrogen-bond acceptors (Lipinski definition) is 2. The van der Waals surface area contributed by atoms with Crippen LogP contribution in [0.1, 0.15) is 5.69 Å². The van der Waals surface area contributed by atoms with Crippen molar-refractivity contribution in [2.24, 2.45) is 7.05 Å². The number of hydrogen-bond donors (Lipinski definition) is 2. The predicted molar refractivity (Wildman–Crippen MR) is 69.7 cm³/mol. The van der Waals surface area contributed by atoms with Crippen molar-refractivity contribution >= 4 is 16.9 Å². The second kappa shape index (κ2) is 3.38. The Morgan fingerprint density at radius 3 is 2.76 bits per heavy atom. The van der Waals surface area contributed by atoms with Gasteiger partial charge in [-0.2, -0.15) is 0 Å². The van der Waals surface area contributed by atoms with E-state index in [1.807, 2.05) is 12.1 Å². The number of nitrogens with one attached hydrogen (secondary N) is 1. The number of nitrogens with zero attached hydrogens (tertiary/aromatic N) is 2. The van der Waals surface area contributed by atoms with Crippen molar-refractivity contribution in [3.05, 3.63) is 36.2 Å². The van der Waals surface area contributed by atoms with Crippen LogP contribution in [0, 0.1) is 6.92 Å². The maximum Gasteiger partial charge on any atom is 0.197 e. The van der Waals surface area contributed by atoms with Crippen molar-refractivity contribution in [2.45, 2.75) is 6.92 Å². The molecule has 2 heterocycles. The van der Waals surface area contributed by atoms with Crippen LogP contribution in [-0.4, -0.2) is 14.5 Å². The van der Waals surface area contributed by atoms with Crippen LogP contribution in [0.3, 0.4) is 0 Å². The minimum absolute atomic E-state index is 0.451. The van der Waals surface area contributed by atoms with E-state index in [0.717, 1.165) is 5.69 Å². The molecule has 1 aromatic carbocycles. The van der Waals surface area contributed by atoms with Crippen molar-refractivity contribution in [3.63, 3.8) is 0 Å². The van der Waals surface area contributed by atoms with Crippen LogP contribution in [0.5, 0.6) is 0 Å². The molecule has 17 heavy (non-hydrogen) atoms. The highest BCUT2D eigenvalue weighted by Gasteiger charge is 2.14. The average molecular weight is 226 g/mol. The van der Waals surface area contributed by atoms with Crippen LogP contribution >= 0.6 is 0 Å². The van der Waals surface area contributed by atoms with E-state index in [-0.39, 0.29) is 0 Å². The first-order chi connectivity index (χ1) is 8.18. The number of nitrogens with two attached hydrogens (primary N) is 1. The van der Waals surface area contributed by atoms with Gasteiger partial charge < -0.3 is 15.3 Å². The number of aryl methyl sites for hydroxylation is 1. The maximum atomic E-state index is 5.64. The van der Waals surface area contributed by atoms with Gasteiger partial charge in [0.1, 0.15) is 0 Å². The molecule has 0 fully saturated rings. The van der Waals surface area contributed by atoms with Crippen molar-refractivity contribution in [1.82, 2.24) is 14.5 Å². The molecule has 0 aliphatic heterocycles. The molecule has 3 rings (SSSR count). The van der Waals surface area contributed by atoms with Gasteiger partial charge in [0.25, 0.3) is 0 Å². The molecule has 0 amide bonds. The Bertz CT molecular complexity index is 691. The van der Waals surface area contributed by atoms with E-state index in [0.29, 0.717) is 5.95 Å². The number of benzene rings is 1. The summed E-state index contributed by atoms with van der Waals surface area (Å²) in [5.41, 5.74) is 10.2. The predicted octanol–water partition coefficient (Wildman–Crippen LogP) is 2.46. The van der Waals surface area contributed by atoms with E-state index in [1.54, 1.807) is 6.20 Å². The zero-order valence-corrected chi connectivity index (χ0v) is 9.86. The Labute approximate surface area is 99.1 Å². The largest absolute Gasteiger partial charge is 0.369 e. The molecular formula is C13H14N4. The lowest BCUT2D eigenvalue weighted by molar-refractivity contribution is 0.919. The van der Waals surface area contributed by atoms with Crippen molar-refractivity contribution < 1.29 is 0 Å². The second-order valence-corrected chi connectivity index (χ2v) is 4.22. The highest BCUT2D eigenvalue weighted by Crippen LogP contribution is 2.32. The lowest BCUT2D eigenvalue weighted by atomic mass is 10.1. The van der Waals surface area contributed by atoms with Gasteiger partial charge in [-0.05, 0) is 13.0 Å². The Hall–Kier alpha value is -2.23. The molecule has 0 aliphatic rings. The fourth-order valence-corrected chi connectivity index (χ4v) is 2.32. The number of anilines is 1. The molecule has 0 saturated carbocycles. The van der Waals surface area contributed by atoms with E-state index in [2.05, 4.69) is 40.6 Å². The molecule has 3 N–H and O–H groups in total. The Morgan fingerprint density at radius 2 is 2.06 bits per heavy atom. The first kappa shape index (κ1) is 9.96. The molecule has 0 atom stereocenters. The highest BCUT2D eigenvalue weighted by molar-refractivity contribution is 5.97. The zero-order chi connectivity index (χ0) is 12.0. The van der Waals surface area contributed by atoms with Crippen LogP contribution in [0.2, 0.25) is 0 Å². The van der Waals surface area contributed by atoms with Gasteiger partial charge in [-0.3, -0.25) is 0 Å². The average Bonchev–Trinajstić information content (AvgIpc) is 2.84. The fourth-order valence-electron chi connectivity index (χ4n) is 2.32. The van der Waals surface area contributed by atoms with E-state index in [9.17, 15) is 0 Å². The van der Waals surface area contributed by atoms with E-state index in [1.165, 1.54) is 22.2 Å². The number of aromatic amines is 1. The first-order valence-electron chi connectivity index (χ1n) is 5.53. The molecule has 0 bridgehead atoms. The number of para-hydroxylation sites is 1. The summed E-state index contributed by atoms with van der Waals surface area (Å²) in [6, 6.07) is 8.33.